The number of imide groups is 1. The molecule has 1 saturated heterocycles. The number of rotatable bonds is 3. The van der Waals surface area contributed by atoms with Crippen LogP contribution in [0.15, 0.2) is 83.5 Å². The lowest BCUT2D eigenvalue weighted by molar-refractivity contribution is -0.122. The molecule has 3 aromatic rings. The minimum absolute atomic E-state index is 0.0122. The van der Waals surface area contributed by atoms with Crippen molar-refractivity contribution in [1.82, 2.24) is 4.98 Å². The number of nitrogens with zero attached hydrogens (tertiary/aromatic N) is 3. The summed E-state index contributed by atoms with van der Waals surface area (Å²) in [5.74, 6) is -3.31. The van der Waals surface area contributed by atoms with Gasteiger partial charge >= 0.3 is 0 Å². The van der Waals surface area contributed by atoms with Gasteiger partial charge in [-0.25, -0.2) is 4.90 Å². The molecule has 3 atom stereocenters. The molecule has 7 heteroatoms. The second-order valence-corrected chi connectivity index (χ2v) is 8.67. The molecule has 7 nitrogen and oxygen atoms in total. The van der Waals surface area contributed by atoms with Crippen LogP contribution < -0.4 is 4.90 Å². The smallest absolute Gasteiger partial charge is 0.243 e. The number of aliphatic imine (C=N–C) groups is 1. The van der Waals surface area contributed by atoms with Crippen LogP contribution in [0.4, 0.5) is 5.69 Å². The Morgan fingerprint density at radius 3 is 2.35 bits per heavy atom. The number of aromatic nitrogens is 1. The van der Waals surface area contributed by atoms with Gasteiger partial charge < -0.3 is 5.11 Å². The molecule has 2 aliphatic heterocycles. The highest BCUT2D eigenvalue weighted by atomic mass is 16.3. The van der Waals surface area contributed by atoms with Gasteiger partial charge in [0.05, 0.1) is 34.5 Å². The first-order valence-corrected chi connectivity index (χ1v) is 11.0. The largest absolute Gasteiger partial charge is 0.506 e. The molecule has 3 aliphatic rings. The first kappa shape index (κ1) is 20.2. The van der Waals surface area contributed by atoms with Crippen molar-refractivity contribution in [2.24, 2.45) is 16.8 Å². The van der Waals surface area contributed by atoms with E-state index < -0.39 is 35.5 Å². The molecule has 0 unspecified atom stereocenters. The van der Waals surface area contributed by atoms with Gasteiger partial charge in [0.25, 0.3) is 0 Å². The molecule has 0 bridgehead atoms. The standard InChI is InChI=1S/C27H19N3O4/c1-14-7-6-8-15(13-14)30-26(33)19-20(27(30)34)23(29-22(19)18-11-4-5-12-28-18)21-24(31)16-9-2-3-10-17(16)25(21)32/h2-13,19-20,22,31H,1H3/t19-,20+,22+/m0/s1. The predicted molar refractivity (Wildman–Crippen MR) is 125 cm³/mol. The summed E-state index contributed by atoms with van der Waals surface area (Å²) in [6.45, 7) is 1.89. The van der Waals surface area contributed by atoms with Crippen LogP contribution in [-0.4, -0.2) is 33.4 Å². The molecule has 0 radical (unpaired) electrons. The number of hydrogen-bond donors (Lipinski definition) is 1. The zero-order chi connectivity index (χ0) is 23.6. The lowest BCUT2D eigenvalue weighted by Crippen LogP contribution is -2.33. The van der Waals surface area contributed by atoms with Gasteiger partial charge in [-0.15, -0.1) is 0 Å². The highest BCUT2D eigenvalue weighted by Crippen LogP contribution is 2.48. The van der Waals surface area contributed by atoms with E-state index in [0.29, 0.717) is 22.5 Å². The summed E-state index contributed by atoms with van der Waals surface area (Å²) in [7, 11) is 0. The number of allylic oxidation sites excluding steroid dienone is 1. The van der Waals surface area contributed by atoms with E-state index >= 15 is 0 Å². The number of anilines is 1. The van der Waals surface area contributed by atoms with Gasteiger partial charge in [-0.1, -0.05) is 42.5 Å². The Morgan fingerprint density at radius 2 is 1.65 bits per heavy atom. The summed E-state index contributed by atoms with van der Waals surface area (Å²) >= 11 is 0. The fourth-order valence-corrected chi connectivity index (χ4v) is 5.15. The van der Waals surface area contributed by atoms with E-state index in [1.165, 1.54) is 4.90 Å². The van der Waals surface area contributed by atoms with Crippen LogP contribution in [0.1, 0.15) is 33.2 Å². The first-order valence-electron chi connectivity index (χ1n) is 11.0. The van der Waals surface area contributed by atoms with Crippen LogP contribution in [0, 0.1) is 18.8 Å². The number of carbonyl (C=O) groups excluding carboxylic acids is 3. The van der Waals surface area contributed by atoms with Crippen LogP contribution in [0.2, 0.25) is 0 Å². The molecular formula is C27H19N3O4. The zero-order valence-electron chi connectivity index (χ0n) is 18.2. The number of aryl methyl sites for hydroxylation is 1. The van der Waals surface area contributed by atoms with Gasteiger partial charge in [0.2, 0.25) is 11.8 Å². The zero-order valence-corrected chi connectivity index (χ0v) is 18.2. The van der Waals surface area contributed by atoms with E-state index in [0.717, 1.165) is 5.56 Å². The van der Waals surface area contributed by atoms with Gasteiger partial charge in [0, 0.05) is 17.3 Å². The summed E-state index contributed by atoms with van der Waals surface area (Å²) in [6, 6.07) is 18.4. The number of amides is 2. The third-order valence-electron chi connectivity index (χ3n) is 6.66. The minimum Gasteiger partial charge on any atom is -0.506 e. The molecular weight excluding hydrogens is 430 g/mol. The minimum atomic E-state index is -0.990. The van der Waals surface area contributed by atoms with E-state index in [4.69, 9.17) is 4.99 Å². The van der Waals surface area contributed by atoms with E-state index in [9.17, 15) is 19.5 Å². The van der Waals surface area contributed by atoms with E-state index in [1.54, 1.807) is 66.9 Å². The van der Waals surface area contributed by atoms with Crippen molar-refractivity contribution in [3.8, 4) is 0 Å². The number of aliphatic hydroxyl groups is 1. The highest BCUT2D eigenvalue weighted by molar-refractivity contribution is 6.42. The number of pyridine rings is 1. The molecule has 1 N–H and O–H groups in total. The Hall–Kier alpha value is -4.39. The number of ketones is 1. The number of fused-ring (bicyclic) bond motifs is 2. The van der Waals surface area contributed by atoms with E-state index in [2.05, 4.69) is 4.98 Å². The molecule has 2 aromatic carbocycles. The third kappa shape index (κ3) is 2.73. The average molecular weight is 449 g/mol. The van der Waals surface area contributed by atoms with Crippen molar-refractivity contribution >= 4 is 34.8 Å². The number of aliphatic hydroxyl groups excluding tert-OH is 1. The number of benzene rings is 2. The van der Waals surface area contributed by atoms with Crippen molar-refractivity contribution in [2.45, 2.75) is 13.0 Å². The number of hydrogen-bond acceptors (Lipinski definition) is 6. The quantitative estimate of drug-likeness (QED) is 0.612. The Labute approximate surface area is 195 Å². The molecule has 34 heavy (non-hydrogen) atoms. The Bertz CT molecular complexity index is 1460. The Kier molecular flexibility index (Phi) is 4.35. The number of carbonyl (C=O) groups is 3. The normalized spacial score (nSPS) is 23.4. The molecule has 166 valence electrons. The van der Waals surface area contributed by atoms with Gasteiger partial charge in [0.15, 0.2) is 5.78 Å². The lowest BCUT2D eigenvalue weighted by atomic mass is 9.84. The summed E-state index contributed by atoms with van der Waals surface area (Å²) in [4.78, 5) is 50.9. The molecule has 1 aliphatic carbocycles. The predicted octanol–water partition coefficient (Wildman–Crippen LogP) is 3.86. The lowest BCUT2D eigenvalue weighted by Gasteiger charge is -2.18. The summed E-state index contributed by atoms with van der Waals surface area (Å²) in [5, 5.41) is 11.0. The summed E-state index contributed by atoms with van der Waals surface area (Å²) < 4.78 is 0. The SMILES string of the molecule is Cc1cccc(N2C(=O)[C@H]3C(C4=C(O)c5ccccc5C4=O)=N[C@H](c4ccccn4)[C@H]3C2=O)c1. The average Bonchev–Trinajstić information content (AvgIpc) is 3.44. The highest BCUT2D eigenvalue weighted by Gasteiger charge is 2.59. The Balaban J connectivity index is 1.52. The monoisotopic (exact) mass is 449 g/mol. The van der Waals surface area contributed by atoms with Gasteiger partial charge in [-0.3, -0.25) is 24.4 Å². The molecule has 1 fully saturated rings. The fraction of sp³-hybridized carbons (Fsp3) is 0.148. The summed E-state index contributed by atoms with van der Waals surface area (Å²) in [5.41, 5.74) is 2.80. The van der Waals surface area contributed by atoms with Crippen LogP contribution in [0.25, 0.3) is 5.76 Å². The fourth-order valence-electron chi connectivity index (χ4n) is 5.15. The van der Waals surface area contributed by atoms with Crippen molar-refractivity contribution in [3.63, 3.8) is 0 Å². The second kappa shape index (κ2) is 7.31. The van der Waals surface area contributed by atoms with Crippen LogP contribution in [0.3, 0.4) is 0 Å². The molecule has 0 spiro atoms. The maximum atomic E-state index is 13.7. The maximum Gasteiger partial charge on any atom is 0.243 e. The molecule has 0 saturated carbocycles. The molecule has 1 aromatic heterocycles. The molecule has 3 heterocycles. The molecule has 6 rings (SSSR count). The number of Topliss-reactive ketones (excluding diaryl/α,β-unsaturated/α-hetero) is 1. The summed E-state index contributed by atoms with van der Waals surface area (Å²) in [6.07, 6.45) is 1.60. The van der Waals surface area contributed by atoms with Crippen molar-refractivity contribution in [2.75, 3.05) is 4.90 Å². The van der Waals surface area contributed by atoms with Crippen molar-refractivity contribution in [1.29, 1.82) is 0 Å². The van der Waals surface area contributed by atoms with Crippen molar-refractivity contribution < 1.29 is 19.5 Å². The van der Waals surface area contributed by atoms with Crippen molar-refractivity contribution in [3.05, 3.63) is 101 Å². The van der Waals surface area contributed by atoms with Gasteiger partial charge in [-0.05, 0) is 36.8 Å². The third-order valence-corrected chi connectivity index (χ3v) is 6.66. The van der Waals surface area contributed by atoms with Crippen LogP contribution >= 0.6 is 0 Å². The van der Waals surface area contributed by atoms with Gasteiger partial charge in [-0.2, -0.15) is 0 Å². The molecule has 2 amide bonds. The first-order chi connectivity index (χ1) is 16.5. The topological polar surface area (TPSA) is 99.9 Å². The van der Waals surface area contributed by atoms with E-state index in [1.807, 2.05) is 13.0 Å². The Morgan fingerprint density at radius 1 is 0.882 bits per heavy atom. The van der Waals surface area contributed by atoms with Gasteiger partial charge in [0.1, 0.15) is 11.8 Å². The second-order valence-electron chi connectivity index (χ2n) is 8.67. The van der Waals surface area contributed by atoms with Crippen LogP contribution in [-0.2, 0) is 9.59 Å². The van der Waals surface area contributed by atoms with E-state index in [-0.39, 0.29) is 17.0 Å². The van der Waals surface area contributed by atoms with Crippen LogP contribution in [0.5, 0.6) is 0 Å². The maximum absolute atomic E-state index is 13.7.